The molecule has 130 valence electrons. The molecule has 25 heavy (non-hydrogen) atoms. The van der Waals surface area contributed by atoms with Crippen molar-refractivity contribution in [3.63, 3.8) is 0 Å². The molecule has 1 aromatic carbocycles. The SMILES string of the molecule is O=[N+]([O-])C1=CC(c2ccccc2[N+](=O)[O-])([N+](=O)[O-])C(O)C([N+](=O)[O-])=C1. The Bertz CT molecular complexity index is 862. The number of nitro groups is 4. The average Bonchev–Trinajstić information content (AvgIpc) is 2.54. The number of para-hydroxylation sites is 1. The molecule has 0 amide bonds. The quantitative estimate of drug-likeness (QED) is 0.588. The maximum atomic E-state index is 11.7. The van der Waals surface area contributed by atoms with E-state index in [2.05, 4.69) is 0 Å². The Morgan fingerprint density at radius 2 is 1.52 bits per heavy atom. The Balaban J connectivity index is 2.91. The van der Waals surface area contributed by atoms with Gasteiger partial charge in [-0.15, -0.1) is 0 Å². The van der Waals surface area contributed by atoms with Crippen molar-refractivity contribution in [1.29, 1.82) is 0 Å². The van der Waals surface area contributed by atoms with E-state index in [9.17, 15) is 45.6 Å². The minimum Gasteiger partial charge on any atom is -0.375 e. The fraction of sp³-hybridized carbons (Fsp3) is 0.167. The molecule has 0 bridgehead atoms. The Morgan fingerprint density at radius 3 is 2.00 bits per heavy atom. The summed E-state index contributed by atoms with van der Waals surface area (Å²) in [7, 11) is 0. The fourth-order valence-electron chi connectivity index (χ4n) is 2.51. The van der Waals surface area contributed by atoms with Crippen LogP contribution >= 0.6 is 0 Å². The zero-order chi connectivity index (χ0) is 18.9. The minimum absolute atomic E-state index is 0.368. The standard InChI is InChI=1S/C12H8N4O9/c17-11-10(15(22)23)5-7(13(18)19)6-12(11,16(24)25)8-3-1-2-4-9(8)14(20)21/h1-6,11,17H. The highest BCUT2D eigenvalue weighted by Crippen LogP contribution is 2.42. The summed E-state index contributed by atoms with van der Waals surface area (Å²) in [5, 5.41) is 55.2. The molecule has 0 spiro atoms. The normalized spacial score (nSPS) is 22.5. The molecule has 1 aliphatic carbocycles. The second-order valence-electron chi connectivity index (χ2n) is 4.91. The summed E-state index contributed by atoms with van der Waals surface area (Å²) in [6.45, 7) is 0. The van der Waals surface area contributed by atoms with Crippen LogP contribution < -0.4 is 0 Å². The molecule has 0 aliphatic heterocycles. The van der Waals surface area contributed by atoms with Crippen LogP contribution in [-0.2, 0) is 5.54 Å². The number of benzene rings is 1. The number of hydrogen-bond donors (Lipinski definition) is 1. The molecule has 2 unspecified atom stereocenters. The maximum absolute atomic E-state index is 11.7. The first-order valence-corrected chi connectivity index (χ1v) is 6.42. The van der Waals surface area contributed by atoms with Crippen molar-refractivity contribution >= 4 is 5.69 Å². The van der Waals surface area contributed by atoms with Crippen LogP contribution in [0.2, 0.25) is 0 Å². The predicted octanol–water partition coefficient (Wildman–Crippen LogP) is 0.762. The molecule has 0 fully saturated rings. The van der Waals surface area contributed by atoms with Crippen LogP contribution in [0.15, 0.2) is 47.8 Å². The molecular weight excluding hydrogens is 344 g/mol. The van der Waals surface area contributed by atoms with Crippen molar-refractivity contribution in [2.24, 2.45) is 0 Å². The van der Waals surface area contributed by atoms with Crippen molar-refractivity contribution in [1.82, 2.24) is 0 Å². The molecule has 2 rings (SSSR count). The van der Waals surface area contributed by atoms with Gasteiger partial charge in [0.25, 0.3) is 17.1 Å². The van der Waals surface area contributed by atoms with E-state index in [-0.39, 0.29) is 0 Å². The summed E-state index contributed by atoms with van der Waals surface area (Å²) in [4.78, 5) is 40.4. The molecule has 0 aromatic heterocycles. The summed E-state index contributed by atoms with van der Waals surface area (Å²) in [5.74, 6) is 0. The summed E-state index contributed by atoms with van der Waals surface area (Å²) < 4.78 is 0. The molecule has 0 heterocycles. The van der Waals surface area contributed by atoms with Crippen LogP contribution in [0.4, 0.5) is 5.69 Å². The molecule has 0 radical (unpaired) electrons. The van der Waals surface area contributed by atoms with Gasteiger partial charge >= 0.3 is 5.54 Å². The lowest BCUT2D eigenvalue weighted by Crippen LogP contribution is -2.49. The maximum Gasteiger partial charge on any atom is 0.314 e. The van der Waals surface area contributed by atoms with Gasteiger partial charge in [0.2, 0.25) is 6.10 Å². The third kappa shape index (κ3) is 2.67. The van der Waals surface area contributed by atoms with E-state index in [1.54, 1.807) is 0 Å². The Morgan fingerprint density at radius 1 is 0.920 bits per heavy atom. The molecule has 13 nitrogen and oxygen atoms in total. The van der Waals surface area contributed by atoms with Gasteiger partial charge in [-0.2, -0.15) is 0 Å². The zero-order valence-electron chi connectivity index (χ0n) is 12.0. The highest BCUT2D eigenvalue weighted by atomic mass is 16.6. The van der Waals surface area contributed by atoms with Crippen LogP contribution in [0.5, 0.6) is 0 Å². The summed E-state index contributed by atoms with van der Waals surface area (Å²) in [5.41, 5.74) is -6.76. The highest BCUT2D eigenvalue weighted by Gasteiger charge is 2.62. The number of nitrogens with zero attached hydrogens (tertiary/aromatic N) is 4. The molecule has 0 saturated heterocycles. The lowest BCUT2D eigenvalue weighted by atomic mass is 9.79. The first-order valence-electron chi connectivity index (χ1n) is 6.42. The largest absolute Gasteiger partial charge is 0.375 e. The Labute approximate surface area is 137 Å². The van der Waals surface area contributed by atoms with Gasteiger partial charge in [-0.25, -0.2) is 0 Å². The van der Waals surface area contributed by atoms with Crippen LogP contribution in [0, 0.1) is 40.5 Å². The van der Waals surface area contributed by atoms with Gasteiger partial charge < -0.3 is 5.11 Å². The van der Waals surface area contributed by atoms with Crippen molar-refractivity contribution in [2.45, 2.75) is 11.6 Å². The topological polar surface area (TPSA) is 193 Å². The van der Waals surface area contributed by atoms with Gasteiger partial charge in [-0.05, 0) is 6.07 Å². The third-order valence-corrected chi connectivity index (χ3v) is 3.62. The van der Waals surface area contributed by atoms with E-state index >= 15 is 0 Å². The number of hydrogen-bond acceptors (Lipinski definition) is 9. The second kappa shape index (κ2) is 6.04. The van der Waals surface area contributed by atoms with Crippen LogP contribution in [0.1, 0.15) is 5.56 Å². The highest BCUT2D eigenvalue weighted by molar-refractivity contribution is 5.50. The van der Waals surface area contributed by atoms with Gasteiger partial charge in [0, 0.05) is 11.0 Å². The number of aliphatic hydroxyl groups is 1. The van der Waals surface area contributed by atoms with E-state index in [0.717, 1.165) is 12.1 Å². The van der Waals surface area contributed by atoms with Gasteiger partial charge in [0.15, 0.2) is 0 Å². The number of nitro benzene ring substituents is 1. The van der Waals surface area contributed by atoms with E-state index < -0.39 is 54.0 Å². The summed E-state index contributed by atoms with van der Waals surface area (Å²) in [6.07, 6.45) is -1.74. The Kier molecular flexibility index (Phi) is 4.26. The van der Waals surface area contributed by atoms with E-state index in [1.165, 1.54) is 12.1 Å². The smallest absolute Gasteiger partial charge is 0.314 e. The van der Waals surface area contributed by atoms with Gasteiger partial charge in [-0.3, -0.25) is 40.5 Å². The zero-order valence-corrected chi connectivity index (χ0v) is 12.0. The van der Waals surface area contributed by atoms with Crippen molar-refractivity contribution in [2.75, 3.05) is 0 Å². The molecule has 1 N–H and O–H groups in total. The number of rotatable bonds is 5. The summed E-state index contributed by atoms with van der Waals surface area (Å²) in [6, 6.07) is 4.15. The number of aliphatic hydroxyl groups excluding tert-OH is 1. The van der Waals surface area contributed by atoms with Gasteiger partial charge in [-0.1, -0.05) is 12.1 Å². The molecule has 2 atom stereocenters. The molecule has 1 aromatic rings. The van der Waals surface area contributed by atoms with Crippen LogP contribution in [0.3, 0.4) is 0 Å². The van der Waals surface area contributed by atoms with Crippen molar-refractivity contribution in [3.8, 4) is 0 Å². The Hall–Kier alpha value is -3.74. The first-order chi connectivity index (χ1) is 11.6. The van der Waals surface area contributed by atoms with E-state index in [0.29, 0.717) is 12.2 Å². The molecular formula is C12H8N4O9. The van der Waals surface area contributed by atoms with Gasteiger partial charge in [0.1, 0.15) is 5.56 Å². The predicted molar refractivity (Wildman–Crippen MR) is 77.9 cm³/mol. The fourth-order valence-corrected chi connectivity index (χ4v) is 2.51. The number of allylic oxidation sites excluding steroid dienone is 1. The minimum atomic E-state index is -2.97. The van der Waals surface area contributed by atoms with Crippen molar-refractivity contribution < 1.29 is 24.8 Å². The van der Waals surface area contributed by atoms with Crippen LogP contribution in [-0.4, -0.2) is 30.9 Å². The van der Waals surface area contributed by atoms with E-state index in [4.69, 9.17) is 0 Å². The van der Waals surface area contributed by atoms with Crippen molar-refractivity contribution in [3.05, 3.63) is 93.8 Å². The third-order valence-electron chi connectivity index (χ3n) is 3.62. The summed E-state index contributed by atoms with van der Waals surface area (Å²) >= 11 is 0. The lowest BCUT2D eigenvalue weighted by molar-refractivity contribution is -0.587. The molecule has 0 saturated carbocycles. The first kappa shape index (κ1) is 17.6. The lowest BCUT2D eigenvalue weighted by Gasteiger charge is -2.27. The molecule has 1 aliphatic rings. The average molecular weight is 352 g/mol. The second-order valence-corrected chi connectivity index (χ2v) is 4.91. The van der Waals surface area contributed by atoms with E-state index in [1.807, 2.05) is 0 Å². The monoisotopic (exact) mass is 352 g/mol. The molecule has 13 heteroatoms. The van der Waals surface area contributed by atoms with Gasteiger partial charge in [0.05, 0.1) is 26.9 Å². The van der Waals surface area contributed by atoms with Crippen LogP contribution in [0.25, 0.3) is 0 Å².